The van der Waals surface area contributed by atoms with Crippen LogP contribution in [0.2, 0.25) is 0 Å². The van der Waals surface area contributed by atoms with E-state index in [0.29, 0.717) is 12.1 Å². The molecular weight excluding hydrogens is 327 g/mol. The van der Waals surface area contributed by atoms with E-state index < -0.39 is 51.9 Å². The summed E-state index contributed by atoms with van der Waals surface area (Å²) in [5.74, 6) is 0. The molecule has 0 unspecified atom stereocenters. The molecule has 128 valence electrons. The van der Waals surface area contributed by atoms with Gasteiger partial charge >= 0.3 is 17.6 Å². The summed E-state index contributed by atoms with van der Waals surface area (Å²) < 4.78 is 38.6. The van der Waals surface area contributed by atoms with Crippen LogP contribution >= 0.6 is 0 Å². The molecule has 0 fully saturated rings. The van der Waals surface area contributed by atoms with E-state index in [1.807, 2.05) is 0 Å². The quantitative estimate of drug-likeness (QED) is 0.566. The van der Waals surface area contributed by atoms with E-state index in [1.54, 1.807) is 0 Å². The first-order chi connectivity index (χ1) is 10.6. The summed E-state index contributed by atoms with van der Waals surface area (Å²) in [6, 6.07) is 1.07. The van der Waals surface area contributed by atoms with Crippen LogP contribution in [0.5, 0.6) is 0 Å². The van der Waals surface area contributed by atoms with E-state index in [-0.39, 0.29) is 13.1 Å². The molecule has 0 saturated heterocycles. The van der Waals surface area contributed by atoms with E-state index in [9.17, 15) is 33.4 Å². The maximum absolute atomic E-state index is 12.9. The van der Waals surface area contributed by atoms with Crippen LogP contribution in [0.3, 0.4) is 0 Å². The molecule has 0 aromatic heterocycles. The SMILES string of the molecule is O=[N+]([O-])c1c(N(CCO)CCO)ccc(C(F)(F)F)c1[N+](=O)[O-]. The minimum atomic E-state index is -5.15. The second-order valence-electron chi connectivity index (χ2n) is 4.28. The van der Waals surface area contributed by atoms with Gasteiger partial charge in [0.1, 0.15) is 11.3 Å². The van der Waals surface area contributed by atoms with Gasteiger partial charge in [0.2, 0.25) is 0 Å². The van der Waals surface area contributed by atoms with Crippen LogP contribution in [0.15, 0.2) is 12.1 Å². The zero-order valence-electron chi connectivity index (χ0n) is 11.5. The molecule has 0 aliphatic rings. The van der Waals surface area contributed by atoms with Gasteiger partial charge in [-0.05, 0) is 12.1 Å². The fourth-order valence-electron chi connectivity index (χ4n) is 2.01. The number of rotatable bonds is 7. The first-order valence-corrected chi connectivity index (χ1v) is 6.14. The lowest BCUT2D eigenvalue weighted by molar-refractivity contribution is -0.423. The van der Waals surface area contributed by atoms with Crippen molar-refractivity contribution in [2.24, 2.45) is 0 Å². The number of benzene rings is 1. The molecule has 12 heteroatoms. The lowest BCUT2D eigenvalue weighted by Gasteiger charge is -2.23. The molecular formula is C11H12F3N3O6. The molecule has 2 N–H and O–H groups in total. The summed E-state index contributed by atoms with van der Waals surface area (Å²) in [5.41, 5.74) is -5.25. The lowest BCUT2D eigenvalue weighted by Crippen LogP contribution is -2.30. The van der Waals surface area contributed by atoms with Gasteiger partial charge in [-0.2, -0.15) is 13.2 Å². The highest BCUT2D eigenvalue weighted by Gasteiger charge is 2.45. The Morgan fingerprint density at radius 3 is 1.83 bits per heavy atom. The minimum absolute atomic E-state index is 0.260. The standard InChI is InChI=1S/C11H12F3N3O6/c12-11(13,14)7-1-2-8(15(3-5-18)4-6-19)10(17(22)23)9(7)16(20)21/h1-2,18-19H,3-6H2. The van der Waals surface area contributed by atoms with Crippen molar-refractivity contribution in [2.75, 3.05) is 31.2 Å². The molecule has 0 saturated carbocycles. The highest BCUT2D eigenvalue weighted by atomic mass is 19.4. The summed E-state index contributed by atoms with van der Waals surface area (Å²) in [6.45, 7) is -1.56. The van der Waals surface area contributed by atoms with Crippen LogP contribution in [0.1, 0.15) is 5.56 Å². The van der Waals surface area contributed by atoms with Crippen molar-refractivity contribution in [3.05, 3.63) is 37.9 Å². The molecule has 1 aromatic carbocycles. The fourth-order valence-corrected chi connectivity index (χ4v) is 2.01. The van der Waals surface area contributed by atoms with E-state index in [0.717, 1.165) is 4.90 Å². The molecule has 9 nitrogen and oxygen atoms in total. The number of aliphatic hydroxyl groups excluding tert-OH is 2. The monoisotopic (exact) mass is 339 g/mol. The average molecular weight is 339 g/mol. The third kappa shape index (κ3) is 4.04. The Labute approximate surface area is 126 Å². The lowest BCUT2D eigenvalue weighted by atomic mass is 10.1. The van der Waals surface area contributed by atoms with E-state index in [4.69, 9.17) is 10.2 Å². The van der Waals surface area contributed by atoms with Crippen LogP contribution < -0.4 is 4.90 Å². The van der Waals surface area contributed by atoms with Crippen LogP contribution in [0.4, 0.5) is 30.2 Å². The maximum atomic E-state index is 12.9. The van der Waals surface area contributed by atoms with Crippen molar-refractivity contribution in [1.82, 2.24) is 0 Å². The third-order valence-corrected chi connectivity index (χ3v) is 2.88. The van der Waals surface area contributed by atoms with Gasteiger partial charge in [-0.15, -0.1) is 0 Å². The summed E-state index contributed by atoms with van der Waals surface area (Å²) in [4.78, 5) is 20.3. The Bertz CT molecular complexity index is 601. The zero-order valence-corrected chi connectivity index (χ0v) is 11.5. The van der Waals surface area contributed by atoms with Crippen LogP contribution in [0.25, 0.3) is 0 Å². The van der Waals surface area contributed by atoms with Crippen LogP contribution in [0, 0.1) is 20.2 Å². The molecule has 1 rings (SSSR count). The van der Waals surface area contributed by atoms with Crippen molar-refractivity contribution in [3.63, 3.8) is 0 Å². The predicted octanol–water partition coefficient (Wildman–Crippen LogP) is 1.31. The van der Waals surface area contributed by atoms with Crippen LogP contribution in [-0.2, 0) is 6.18 Å². The van der Waals surface area contributed by atoms with E-state index >= 15 is 0 Å². The fraction of sp³-hybridized carbons (Fsp3) is 0.455. The van der Waals surface area contributed by atoms with E-state index in [2.05, 4.69) is 0 Å². The van der Waals surface area contributed by atoms with E-state index in [1.165, 1.54) is 0 Å². The number of nitro benzene ring substituents is 2. The topological polar surface area (TPSA) is 130 Å². The van der Waals surface area contributed by atoms with Gasteiger partial charge in [-0.1, -0.05) is 0 Å². The summed E-state index contributed by atoms with van der Waals surface area (Å²) >= 11 is 0. The van der Waals surface area contributed by atoms with Gasteiger partial charge < -0.3 is 15.1 Å². The molecule has 23 heavy (non-hydrogen) atoms. The second kappa shape index (κ2) is 7.19. The number of hydrogen-bond acceptors (Lipinski definition) is 7. The Balaban J connectivity index is 3.70. The minimum Gasteiger partial charge on any atom is -0.395 e. The Hall–Kier alpha value is -2.47. The molecule has 0 aliphatic carbocycles. The number of hydrogen-bond donors (Lipinski definition) is 2. The number of nitro groups is 2. The van der Waals surface area contributed by atoms with Crippen molar-refractivity contribution >= 4 is 17.1 Å². The Kier molecular flexibility index (Phi) is 5.81. The first-order valence-electron chi connectivity index (χ1n) is 6.14. The van der Waals surface area contributed by atoms with Gasteiger partial charge in [0, 0.05) is 13.1 Å². The highest BCUT2D eigenvalue weighted by molar-refractivity contribution is 5.75. The molecule has 0 spiro atoms. The molecule has 0 heterocycles. The first kappa shape index (κ1) is 18.6. The number of nitrogens with zero attached hydrogens (tertiary/aromatic N) is 3. The van der Waals surface area contributed by atoms with Crippen LogP contribution in [-0.4, -0.2) is 46.4 Å². The number of aliphatic hydroxyl groups is 2. The highest BCUT2D eigenvalue weighted by Crippen LogP contribution is 2.45. The summed E-state index contributed by atoms with van der Waals surface area (Å²) in [7, 11) is 0. The van der Waals surface area contributed by atoms with Crippen molar-refractivity contribution in [1.29, 1.82) is 0 Å². The van der Waals surface area contributed by atoms with Gasteiger partial charge in [-0.3, -0.25) is 20.2 Å². The average Bonchev–Trinajstić information content (AvgIpc) is 2.44. The zero-order chi connectivity index (χ0) is 17.8. The van der Waals surface area contributed by atoms with Gasteiger partial charge in [0.05, 0.1) is 23.1 Å². The molecule has 1 aromatic rings. The van der Waals surface area contributed by atoms with Crippen molar-refractivity contribution in [2.45, 2.75) is 6.18 Å². The molecule has 0 aliphatic heterocycles. The number of alkyl halides is 3. The summed E-state index contributed by atoms with van der Waals surface area (Å²) in [5, 5.41) is 39.9. The molecule has 0 radical (unpaired) electrons. The van der Waals surface area contributed by atoms with Crippen molar-refractivity contribution < 1.29 is 33.2 Å². The smallest absolute Gasteiger partial charge is 0.395 e. The third-order valence-electron chi connectivity index (χ3n) is 2.88. The van der Waals surface area contributed by atoms with Gasteiger partial charge in [0.25, 0.3) is 0 Å². The predicted molar refractivity (Wildman–Crippen MR) is 71.1 cm³/mol. The normalized spacial score (nSPS) is 11.3. The Morgan fingerprint density at radius 1 is 1.00 bits per heavy atom. The summed E-state index contributed by atoms with van der Waals surface area (Å²) in [6.07, 6.45) is -5.15. The molecule has 0 atom stereocenters. The Morgan fingerprint density at radius 2 is 1.48 bits per heavy atom. The second-order valence-corrected chi connectivity index (χ2v) is 4.28. The van der Waals surface area contributed by atoms with Gasteiger partial charge in [0.15, 0.2) is 0 Å². The number of halogens is 3. The van der Waals surface area contributed by atoms with Gasteiger partial charge in [-0.25, -0.2) is 0 Å². The number of anilines is 1. The molecule has 0 amide bonds. The maximum Gasteiger partial charge on any atom is 0.423 e. The van der Waals surface area contributed by atoms with Crippen molar-refractivity contribution in [3.8, 4) is 0 Å². The largest absolute Gasteiger partial charge is 0.423 e. The molecule has 0 bridgehead atoms.